The van der Waals surface area contributed by atoms with Crippen molar-refractivity contribution in [2.75, 3.05) is 30.9 Å². The number of ether oxygens (including phenoxy) is 1. The molecular weight excluding hydrogens is 313 g/mol. The third-order valence-electron chi connectivity index (χ3n) is 4.27. The number of methoxy groups -OCH3 is 1. The number of nitrogens with one attached hydrogen (secondary N) is 3. The van der Waals surface area contributed by atoms with Crippen LogP contribution in [0.4, 0.5) is 20.6 Å². The average molecular weight is 337 g/mol. The van der Waals surface area contributed by atoms with Gasteiger partial charge in [0.25, 0.3) is 0 Å². The molecule has 1 aromatic carbocycles. The first-order valence-electron chi connectivity index (χ1n) is 8.05. The highest BCUT2D eigenvalue weighted by Crippen LogP contribution is 2.37. The molecule has 0 unspecified atom stereocenters. The van der Waals surface area contributed by atoms with Crippen molar-refractivity contribution in [2.45, 2.75) is 32.6 Å². The van der Waals surface area contributed by atoms with Crippen molar-refractivity contribution >= 4 is 23.3 Å². The summed E-state index contributed by atoms with van der Waals surface area (Å²) in [5, 5.41) is 7.90. The fourth-order valence-electron chi connectivity index (χ4n) is 3.13. The quantitative estimate of drug-likeness (QED) is 0.746. The number of carbonyl (C=O) groups is 2. The van der Waals surface area contributed by atoms with Crippen molar-refractivity contribution in [1.82, 2.24) is 5.32 Å². The van der Waals surface area contributed by atoms with Gasteiger partial charge in [-0.15, -0.1) is 0 Å². The zero-order chi connectivity index (χ0) is 17.6. The van der Waals surface area contributed by atoms with Crippen molar-refractivity contribution in [3.8, 4) is 0 Å². The molecule has 132 valence electrons. The number of amides is 3. The Kier molecular flexibility index (Phi) is 6.14. The molecule has 1 fully saturated rings. The summed E-state index contributed by atoms with van der Waals surface area (Å²) in [5.74, 6) is -0.931. The summed E-state index contributed by atoms with van der Waals surface area (Å²) in [6.07, 6.45) is 4.35. The van der Waals surface area contributed by atoms with Crippen LogP contribution in [0.25, 0.3) is 0 Å². The van der Waals surface area contributed by atoms with E-state index in [1.165, 1.54) is 25.1 Å². The molecular formula is C17H24FN3O3. The largest absolute Gasteiger partial charge is 0.384 e. The van der Waals surface area contributed by atoms with Crippen LogP contribution in [-0.2, 0) is 9.53 Å². The van der Waals surface area contributed by atoms with Crippen molar-refractivity contribution in [3.05, 3.63) is 24.0 Å². The van der Waals surface area contributed by atoms with Crippen LogP contribution >= 0.6 is 0 Å². The van der Waals surface area contributed by atoms with Gasteiger partial charge in [0.2, 0.25) is 5.91 Å². The molecule has 0 heterocycles. The Bertz CT molecular complexity index is 601. The predicted octanol–water partition coefficient (Wildman–Crippen LogP) is 3.11. The number of halogens is 1. The third kappa shape index (κ3) is 4.92. The molecule has 1 aliphatic rings. The van der Waals surface area contributed by atoms with E-state index in [0.29, 0.717) is 18.8 Å². The van der Waals surface area contributed by atoms with Gasteiger partial charge >= 0.3 is 6.03 Å². The van der Waals surface area contributed by atoms with E-state index in [0.717, 1.165) is 25.7 Å². The van der Waals surface area contributed by atoms with Gasteiger partial charge in [0.15, 0.2) is 0 Å². The molecule has 0 atom stereocenters. The summed E-state index contributed by atoms with van der Waals surface area (Å²) in [5.41, 5.74) is 0.438. The Morgan fingerprint density at radius 2 is 1.96 bits per heavy atom. The maximum Gasteiger partial charge on any atom is 0.319 e. The predicted molar refractivity (Wildman–Crippen MR) is 90.5 cm³/mol. The van der Waals surface area contributed by atoms with Crippen LogP contribution in [0.3, 0.4) is 0 Å². The second-order valence-corrected chi connectivity index (χ2v) is 6.32. The molecule has 3 N–H and O–H groups in total. The third-order valence-corrected chi connectivity index (χ3v) is 4.27. The van der Waals surface area contributed by atoms with Gasteiger partial charge in [0.1, 0.15) is 5.82 Å². The average Bonchev–Trinajstić information content (AvgIpc) is 2.98. The molecule has 0 bridgehead atoms. The van der Waals surface area contributed by atoms with E-state index in [1.807, 2.05) is 0 Å². The summed E-state index contributed by atoms with van der Waals surface area (Å²) in [7, 11) is 1.67. The molecule has 0 radical (unpaired) electrons. The lowest BCUT2D eigenvalue weighted by molar-refractivity contribution is -0.114. The number of benzene rings is 1. The molecule has 1 aromatic rings. The molecule has 0 aromatic heterocycles. The van der Waals surface area contributed by atoms with Crippen molar-refractivity contribution in [2.24, 2.45) is 5.41 Å². The van der Waals surface area contributed by atoms with Crippen LogP contribution in [0.2, 0.25) is 0 Å². The van der Waals surface area contributed by atoms with E-state index in [2.05, 4.69) is 16.0 Å². The van der Waals surface area contributed by atoms with Gasteiger partial charge in [-0.1, -0.05) is 12.8 Å². The molecule has 2 rings (SSSR count). The summed E-state index contributed by atoms with van der Waals surface area (Å²) in [6, 6.07) is 3.67. The fraction of sp³-hybridized carbons (Fsp3) is 0.529. The molecule has 24 heavy (non-hydrogen) atoms. The summed E-state index contributed by atoms with van der Waals surface area (Å²) < 4.78 is 18.9. The van der Waals surface area contributed by atoms with Crippen LogP contribution in [0.1, 0.15) is 32.6 Å². The molecule has 0 saturated heterocycles. The SMILES string of the molecule is COCC1(CNC(=O)Nc2ccc(F)c(NC(C)=O)c2)CCCC1. The van der Waals surface area contributed by atoms with Crippen molar-refractivity contribution in [1.29, 1.82) is 0 Å². The Hall–Kier alpha value is -2.15. The lowest BCUT2D eigenvalue weighted by Crippen LogP contribution is -2.40. The molecule has 7 heteroatoms. The number of hydrogen-bond acceptors (Lipinski definition) is 3. The van der Waals surface area contributed by atoms with Gasteiger partial charge in [-0.3, -0.25) is 4.79 Å². The molecule has 1 saturated carbocycles. The van der Waals surface area contributed by atoms with E-state index in [9.17, 15) is 14.0 Å². The van der Waals surface area contributed by atoms with Gasteiger partial charge in [-0.2, -0.15) is 0 Å². The van der Waals surface area contributed by atoms with Crippen LogP contribution in [0.15, 0.2) is 18.2 Å². The van der Waals surface area contributed by atoms with Crippen LogP contribution in [0.5, 0.6) is 0 Å². The highest BCUT2D eigenvalue weighted by Gasteiger charge is 2.34. The Morgan fingerprint density at radius 3 is 2.58 bits per heavy atom. The molecule has 3 amide bonds. The first kappa shape index (κ1) is 18.2. The summed E-state index contributed by atoms with van der Waals surface area (Å²) in [6.45, 7) is 2.45. The van der Waals surface area contributed by atoms with Gasteiger partial charge in [0.05, 0.1) is 12.3 Å². The Balaban J connectivity index is 1.93. The second-order valence-electron chi connectivity index (χ2n) is 6.32. The topological polar surface area (TPSA) is 79.5 Å². The maximum atomic E-state index is 13.6. The minimum absolute atomic E-state index is 0.00374. The van der Waals surface area contributed by atoms with Gasteiger partial charge < -0.3 is 20.7 Å². The fourth-order valence-corrected chi connectivity index (χ4v) is 3.13. The van der Waals surface area contributed by atoms with E-state index >= 15 is 0 Å². The molecule has 6 nitrogen and oxygen atoms in total. The Labute approximate surface area is 141 Å². The van der Waals surface area contributed by atoms with Crippen LogP contribution < -0.4 is 16.0 Å². The summed E-state index contributed by atoms with van der Waals surface area (Å²) >= 11 is 0. The summed E-state index contributed by atoms with van der Waals surface area (Å²) in [4.78, 5) is 23.1. The monoisotopic (exact) mass is 337 g/mol. The number of carbonyl (C=O) groups excluding carboxylic acids is 2. The number of hydrogen-bond donors (Lipinski definition) is 3. The van der Waals surface area contributed by atoms with E-state index in [4.69, 9.17) is 4.74 Å². The lowest BCUT2D eigenvalue weighted by Gasteiger charge is -2.28. The zero-order valence-electron chi connectivity index (χ0n) is 14.1. The highest BCUT2D eigenvalue weighted by molar-refractivity contribution is 5.92. The number of urea groups is 1. The van der Waals surface area contributed by atoms with Gasteiger partial charge in [-0.05, 0) is 31.0 Å². The highest BCUT2D eigenvalue weighted by atomic mass is 19.1. The second kappa shape index (κ2) is 8.10. The molecule has 0 aliphatic heterocycles. The van der Waals surface area contributed by atoms with Gasteiger partial charge in [0, 0.05) is 31.7 Å². The standard InChI is InChI=1S/C17H24FN3O3/c1-12(22)20-15-9-13(5-6-14(15)18)21-16(23)19-10-17(11-24-2)7-3-4-8-17/h5-6,9H,3-4,7-8,10-11H2,1-2H3,(H,20,22)(H2,19,21,23). The minimum Gasteiger partial charge on any atom is -0.384 e. The van der Waals surface area contributed by atoms with Crippen molar-refractivity contribution in [3.63, 3.8) is 0 Å². The molecule has 1 aliphatic carbocycles. The first-order chi connectivity index (χ1) is 11.4. The smallest absolute Gasteiger partial charge is 0.319 e. The number of anilines is 2. The Morgan fingerprint density at radius 1 is 1.25 bits per heavy atom. The zero-order valence-corrected chi connectivity index (χ0v) is 14.1. The van der Waals surface area contributed by atoms with E-state index in [-0.39, 0.29) is 23.0 Å². The van der Waals surface area contributed by atoms with Crippen molar-refractivity contribution < 1.29 is 18.7 Å². The maximum absolute atomic E-state index is 13.6. The number of rotatable bonds is 6. The normalized spacial score (nSPS) is 15.8. The van der Waals surface area contributed by atoms with Crippen LogP contribution in [-0.4, -0.2) is 32.2 Å². The molecule has 0 spiro atoms. The minimum atomic E-state index is -0.554. The van der Waals surface area contributed by atoms with Gasteiger partial charge in [-0.25, -0.2) is 9.18 Å². The van der Waals surface area contributed by atoms with Crippen LogP contribution in [0, 0.1) is 11.2 Å². The van der Waals surface area contributed by atoms with E-state index < -0.39 is 5.82 Å². The lowest BCUT2D eigenvalue weighted by atomic mass is 9.87. The first-order valence-corrected chi connectivity index (χ1v) is 8.05. The van der Waals surface area contributed by atoms with E-state index in [1.54, 1.807) is 7.11 Å².